The van der Waals surface area contributed by atoms with Gasteiger partial charge in [0.15, 0.2) is 0 Å². The van der Waals surface area contributed by atoms with E-state index in [4.69, 9.17) is 9.84 Å². The van der Waals surface area contributed by atoms with Crippen LogP contribution in [0.3, 0.4) is 0 Å². The molecule has 2 atom stereocenters. The van der Waals surface area contributed by atoms with Gasteiger partial charge in [-0.2, -0.15) is 5.26 Å². The normalized spacial score (nSPS) is 12.1. The van der Waals surface area contributed by atoms with Crippen molar-refractivity contribution in [3.05, 3.63) is 106 Å². The van der Waals surface area contributed by atoms with Crippen molar-refractivity contribution >= 4 is 33.7 Å². The molecular weight excluding hydrogens is 604 g/mol. The van der Waals surface area contributed by atoms with E-state index in [0.717, 1.165) is 25.8 Å². The molecule has 0 spiro atoms. The highest BCUT2D eigenvalue weighted by Gasteiger charge is 2.25. The van der Waals surface area contributed by atoms with E-state index < -0.39 is 29.9 Å². The number of benzene rings is 3. The number of rotatable bonds is 13. The van der Waals surface area contributed by atoms with Crippen LogP contribution in [0.15, 0.2) is 89.5 Å². The van der Waals surface area contributed by atoms with Gasteiger partial charge in [0.1, 0.15) is 24.3 Å². The maximum absolute atomic E-state index is 13.3. The zero-order valence-electron chi connectivity index (χ0n) is 22.3. The fraction of sp³-hybridized carbons (Fsp3) is 0.200. The molecule has 4 aromatic rings. The summed E-state index contributed by atoms with van der Waals surface area (Å²) in [5.41, 5.74) is 3.54. The van der Waals surface area contributed by atoms with Gasteiger partial charge in [-0.3, -0.25) is 14.4 Å². The number of halogens is 1. The molecule has 12 heteroatoms. The van der Waals surface area contributed by atoms with Crippen molar-refractivity contribution in [2.24, 2.45) is 0 Å². The number of carboxylic acid groups (broad SMARTS) is 1. The van der Waals surface area contributed by atoms with E-state index in [0.29, 0.717) is 11.3 Å². The van der Waals surface area contributed by atoms with Crippen molar-refractivity contribution in [3.8, 4) is 17.2 Å². The number of nitriles is 1. The second kappa shape index (κ2) is 14.7. The van der Waals surface area contributed by atoms with Gasteiger partial charge in [-0.15, -0.1) is 5.10 Å². The largest absolute Gasteiger partial charge is 0.480 e. The van der Waals surface area contributed by atoms with Crippen molar-refractivity contribution in [1.29, 1.82) is 5.26 Å². The van der Waals surface area contributed by atoms with E-state index in [-0.39, 0.29) is 26.2 Å². The SMILES string of the molecule is N#C[C@H](COCc1cn(CC(=O)O)nn1)NC(=O)[C@H](Cc1cccc(Br)c1)NC(=O)c1ccc(-c2ccccc2)cc1. The molecule has 2 amide bonds. The van der Waals surface area contributed by atoms with Gasteiger partial charge in [0.05, 0.1) is 25.5 Å². The Bertz CT molecular complexity index is 1570. The van der Waals surface area contributed by atoms with Gasteiger partial charge in [0.2, 0.25) is 5.91 Å². The summed E-state index contributed by atoms with van der Waals surface area (Å²) in [7, 11) is 0. The van der Waals surface area contributed by atoms with Crippen molar-refractivity contribution in [3.63, 3.8) is 0 Å². The second-order valence-electron chi connectivity index (χ2n) is 9.31. The molecule has 3 aromatic carbocycles. The van der Waals surface area contributed by atoms with Crippen LogP contribution >= 0.6 is 15.9 Å². The Morgan fingerprint density at radius 1 is 1.00 bits per heavy atom. The second-order valence-corrected chi connectivity index (χ2v) is 10.2. The molecule has 0 aliphatic heterocycles. The fourth-order valence-corrected chi connectivity index (χ4v) is 4.53. The molecule has 0 radical (unpaired) electrons. The first-order valence-corrected chi connectivity index (χ1v) is 13.7. The number of nitrogens with one attached hydrogen (secondary N) is 2. The number of hydrogen-bond acceptors (Lipinski definition) is 7. The molecule has 0 unspecified atom stereocenters. The van der Waals surface area contributed by atoms with Gasteiger partial charge >= 0.3 is 5.97 Å². The van der Waals surface area contributed by atoms with Crippen LogP contribution in [-0.4, -0.2) is 56.6 Å². The lowest BCUT2D eigenvalue weighted by Gasteiger charge is -2.21. The van der Waals surface area contributed by atoms with E-state index in [2.05, 4.69) is 36.9 Å². The number of carbonyl (C=O) groups is 3. The molecule has 4 rings (SSSR count). The van der Waals surface area contributed by atoms with E-state index in [9.17, 15) is 19.6 Å². The Morgan fingerprint density at radius 3 is 2.43 bits per heavy atom. The molecule has 0 aliphatic rings. The van der Waals surface area contributed by atoms with Crippen molar-refractivity contribution < 1.29 is 24.2 Å². The monoisotopic (exact) mass is 630 g/mol. The number of nitrogens with zero attached hydrogens (tertiary/aromatic N) is 4. The van der Waals surface area contributed by atoms with Gasteiger partial charge in [0.25, 0.3) is 5.91 Å². The highest BCUT2D eigenvalue weighted by atomic mass is 79.9. The molecule has 0 saturated carbocycles. The van der Waals surface area contributed by atoms with E-state index in [1.807, 2.05) is 72.8 Å². The minimum absolute atomic E-state index is 0.0369. The van der Waals surface area contributed by atoms with Gasteiger partial charge in [-0.25, -0.2) is 4.68 Å². The standard InChI is InChI=1S/C30H27BrN6O5/c31-24-8-4-5-20(13-24)14-27(34-29(40)23-11-9-22(10-12-23)21-6-2-1-3-7-21)30(41)33-25(15-32)18-42-19-26-16-37(36-35-26)17-28(38)39/h1-13,16,25,27H,14,17-19H2,(H,33,41)(H,34,40)(H,38,39)/t25-,27+/m1/s1. The average Bonchev–Trinajstić information content (AvgIpc) is 3.43. The van der Waals surface area contributed by atoms with Crippen molar-refractivity contribution in [2.75, 3.05) is 6.61 Å². The number of ether oxygens (including phenoxy) is 1. The van der Waals surface area contributed by atoms with Gasteiger partial charge < -0.3 is 20.5 Å². The van der Waals surface area contributed by atoms with Crippen LogP contribution in [0.25, 0.3) is 11.1 Å². The number of carbonyl (C=O) groups excluding carboxylic acids is 2. The quantitative estimate of drug-likeness (QED) is 0.203. The van der Waals surface area contributed by atoms with Crippen LogP contribution in [0.1, 0.15) is 21.6 Å². The van der Waals surface area contributed by atoms with Gasteiger partial charge in [0, 0.05) is 16.5 Å². The average molecular weight is 631 g/mol. The van der Waals surface area contributed by atoms with E-state index in [1.165, 1.54) is 6.20 Å². The van der Waals surface area contributed by atoms with Crippen molar-refractivity contribution in [1.82, 2.24) is 25.6 Å². The minimum atomic E-state index is -1.06. The molecule has 42 heavy (non-hydrogen) atoms. The van der Waals surface area contributed by atoms with Crippen LogP contribution in [0, 0.1) is 11.3 Å². The van der Waals surface area contributed by atoms with Crippen LogP contribution < -0.4 is 10.6 Å². The highest BCUT2D eigenvalue weighted by molar-refractivity contribution is 9.10. The van der Waals surface area contributed by atoms with Crippen LogP contribution in [-0.2, 0) is 33.9 Å². The Kier molecular flexibility index (Phi) is 10.5. The van der Waals surface area contributed by atoms with Crippen LogP contribution in [0.4, 0.5) is 0 Å². The molecule has 0 bridgehead atoms. The number of hydrogen-bond donors (Lipinski definition) is 3. The molecule has 0 saturated heterocycles. The molecule has 11 nitrogen and oxygen atoms in total. The van der Waals surface area contributed by atoms with Gasteiger partial charge in [-0.05, 0) is 41.0 Å². The smallest absolute Gasteiger partial charge is 0.325 e. The first-order chi connectivity index (χ1) is 20.3. The van der Waals surface area contributed by atoms with Crippen molar-refractivity contribution in [2.45, 2.75) is 31.7 Å². The number of aliphatic carboxylic acids is 1. The third-order valence-electron chi connectivity index (χ3n) is 6.10. The summed E-state index contributed by atoms with van der Waals surface area (Å²) in [6.45, 7) is -0.538. The third-order valence-corrected chi connectivity index (χ3v) is 6.59. The Labute approximate surface area is 250 Å². The zero-order valence-corrected chi connectivity index (χ0v) is 23.9. The lowest BCUT2D eigenvalue weighted by atomic mass is 10.0. The summed E-state index contributed by atoms with van der Waals surface area (Å²) in [5.74, 6) is -2.04. The predicted molar refractivity (Wildman–Crippen MR) is 156 cm³/mol. The molecule has 214 valence electrons. The predicted octanol–water partition coefficient (Wildman–Crippen LogP) is 3.36. The lowest BCUT2D eigenvalue weighted by molar-refractivity contribution is -0.138. The highest BCUT2D eigenvalue weighted by Crippen LogP contribution is 2.19. The first-order valence-electron chi connectivity index (χ1n) is 12.9. The van der Waals surface area contributed by atoms with Crippen LogP contribution in [0.2, 0.25) is 0 Å². The summed E-state index contributed by atoms with van der Waals surface area (Å²) in [6, 6.07) is 24.2. The summed E-state index contributed by atoms with van der Waals surface area (Å²) in [4.78, 5) is 37.3. The van der Waals surface area contributed by atoms with E-state index >= 15 is 0 Å². The minimum Gasteiger partial charge on any atom is -0.480 e. The molecule has 0 fully saturated rings. The Balaban J connectivity index is 1.40. The maximum Gasteiger partial charge on any atom is 0.325 e. The van der Waals surface area contributed by atoms with E-state index in [1.54, 1.807) is 12.1 Å². The zero-order chi connectivity index (χ0) is 29.9. The van der Waals surface area contributed by atoms with Crippen LogP contribution in [0.5, 0.6) is 0 Å². The summed E-state index contributed by atoms with van der Waals surface area (Å²) < 4.78 is 7.48. The first kappa shape index (κ1) is 30.1. The number of aromatic nitrogens is 3. The maximum atomic E-state index is 13.3. The summed E-state index contributed by atoms with van der Waals surface area (Å²) in [5, 5.41) is 31.4. The van der Waals surface area contributed by atoms with Gasteiger partial charge in [-0.1, -0.05) is 75.7 Å². The number of carboxylic acids is 1. The third kappa shape index (κ3) is 8.82. The molecule has 0 aliphatic carbocycles. The molecule has 3 N–H and O–H groups in total. The summed E-state index contributed by atoms with van der Waals surface area (Å²) in [6.07, 6.45) is 1.61. The fourth-order valence-electron chi connectivity index (χ4n) is 4.08. The lowest BCUT2D eigenvalue weighted by Crippen LogP contribution is -2.51. The Morgan fingerprint density at radius 2 is 1.74 bits per heavy atom. The topological polar surface area (TPSA) is 159 Å². The summed E-state index contributed by atoms with van der Waals surface area (Å²) >= 11 is 3.43. The molecular formula is C30H27BrN6O5. The Hall–Kier alpha value is -4.86. The number of amides is 2. The molecule has 1 heterocycles. The molecule has 1 aromatic heterocycles.